The van der Waals surface area contributed by atoms with Gasteiger partial charge in [0.2, 0.25) is 0 Å². The molecule has 11 heteroatoms. The lowest BCUT2D eigenvalue weighted by molar-refractivity contribution is 0.0986. The van der Waals surface area contributed by atoms with E-state index in [0.29, 0.717) is 18.1 Å². The molecular weight excluding hydrogens is 425 g/mol. The lowest BCUT2D eigenvalue weighted by Crippen LogP contribution is -2.36. The molecule has 0 atom stereocenters. The van der Waals surface area contributed by atoms with Gasteiger partial charge < -0.3 is 4.90 Å². The van der Waals surface area contributed by atoms with Crippen molar-refractivity contribution in [3.8, 4) is 11.3 Å². The first-order valence-electron chi connectivity index (χ1n) is 10.9. The Labute approximate surface area is 189 Å². The molecule has 0 aliphatic carbocycles. The summed E-state index contributed by atoms with van der Waals surface area (Å²) in [6.07, 6.45) is 7.01. The summed E-state index contributed by atoms with van der Waals surface area (Å²) >= 11 is 0. The topological polar surface area (TPSA) is 108 Å². The average molecular weight is 449 g/mol. The summed E-state index contributed by atoms with van der Waals surface area (Å²) in [6, 6.07) is 5.96. The van der Waals surface area contributed by atoms with Crippen LogP contribution in [-0.4, -0.2) is 76.9 Å². The highest BCUT2D eigenvalue weighted by Crippen LogP contribution is 2.23. The normalized spacial score (nSPS) is 15.3. The Morgan fingerprint density at radius 3 is 2.76 bits per heavy atom. The second kappa shape index (κ2) is 9.10. The van der Waals surface area contributed by atoms with Crippen molar-refractivity contribution in [2.45, 2.75) is 25.3 Å². The van der Waals surface area contributed by atoms with Crippen molar-refractivity contribution < 1.29 is 9.18 Å². The second-order valence-corrected chi connectivity index (χ2v) is 8.28. The molecule has 1 aliphatic rings. The Morgan fingerprint density at radius 2 is 2.00 bits per heavy atom. The minimum atomic E-state index is -0.328. The van der Waals surface area contributed by atoms with E-state index in [0.717, 1.165) is 48.1 Å². The number of alkyl halides is 1. The van der Waals surface area contributed by atoms with Gasteiger partial charge >= 0.3 is 0 Å². The molecule has 0 N–H and O–H groups in total. The molecule has 10 nitrogen and oxygen atoms in total. The Morgan fingerprint density at radius 1 is 1.15 bits per heavy atom. The average Bonchev–Trinajstić information content (AvgIpc) is 3.49. The predicted molar refractivity (Wildman–Crippen MR) is 118 cm³/mol. The van der Waals surface area contributed by atoms with E-state index in [2.05, 4.69) is 35.5 Å². The molecule has 1 aromatic carbocycles. The van der Waals surface area contributed by atoms with Gasteiger partial charge in [0.15, 0.2) is 5.78 Å². The Balaban J connectivity index is 1.28. The summed E-state index contributed by atoms with van der Waals surface area (Å²) < 4.78 is 15.9. The monoisotopic (exact) mass is 449 g/mol. The maximum atomic E-state index is 12.8. The minimum Gasteiger partial charge on any atom is -0.301 e. The quantitative estimate of drug-likeness (QED) is 0.395. The van der Waals surface area contributed by atoms with Crippen LogP contribution in [0.25, 0.3) is 22.2 Å². The number of aromatic nitrogens is 8. The number of ketones is 1. The van der Waals surface area contributed by atoms with E-state index in [-0.39, 0.29) is 24.9 Å². The number of piperidine rings is 1. The summed E-state index contributed by atoms with van der Waals surface area (Å²) in [7, 11) is 1.81. The summed E-state index contributed by atoms with van der Waals surface area (Å²) in [5.74, 6) is 0.249. The molecule has 4 heterocycles. The number of halogens is 1. The van der Waals surface area contributed by atoms with Gasteiger partial charge in [0.05, 0.1) is 30.4 Å². The first-order valence-corrected chi connectivity index (χ1v) is 10.9. The Bertz CT molecular complexity index is 1280. The van der Waals surface area contributed by atoms with Crippen molar-refractivity contribution in [3.63, 3.8) is 0 Å². The van der Waals surface area contributed by atoms with Gasteiger partial charge in [-0.1, -0.05) is 22.6 Å². The Hall–Kier alpha value is -3.60. The maximum Gasteiger partial charge on any atom is 0.192 e. The Kier molecular flexibility index (Phi) is 5.86. The predicted octanol–water partition coefficient (Wildman–Crippen LogP) is 2.05. The zero-order valence-electron chi connectivity index (χ0n) is 18.3. The highest BCUT2D eigenvalue weighted by atomic mass is 19.1. The fourth-order valence-electron chi connectivity index (χ4n) is 4.13. The van der Waals surface area contributed by atoms with Gasteiger partial charge in [-0.2, -0.15) is 0 Å². The first-order chi connectivity index (χ1) is 16.1. The van der Waals surface area contributed by atoms with Crippen LogP contribution in [0.2, 0.25) is 0 Å². The number of nitrogens with zero attached hydrogens (tertiary/aromatic N) is 9. The molecule has 0 radical (unpaired) electrons. The molecule has 1 fully saturated rings. The van der Waals surface area contributed by atoms with Gasteiger partial charge in [-0.15, -0.1) is 10.2 Å². The number of fused-ring (bicyclic) bond motifs is 1. The van der Waals surface area contributed by atoms with Gasteiger partial charge in [0.25, 0.3) is 0 Å². The van der Waals surface area contributed by atoms with Gasteiger partial charge in [0, 0.05) is 43.8 Å². The van der Waals surface area contributed by atoms with Crippen LogP contribution in [0.1, 0.15) is 35.2 Å². The van der Waals surface area contributed by atoms with Gasteiger partial charge in [-0.25, -0.2) is 19.0 Å². The molecule has 5 rings (SSSR count). The van der Waals surface area contributed by atoms with Crippen molar-refractivity contribution in [3.05, 3.63) is 48.3 Å². The second-order valence-electron chi connectivity index (χ2n) is 8.28. The van der Waals surface area contributed by atoms with Crippen LogP contribution in [0.5, 0.6) is 0 Å². The van der Waals surface area contributed by atoms with E-state index in [1.54, 1.807) is 21.8 Å². The van der Waals surface area contributed by atoms with Crippen molar-refractivity contribution in [2.75, 3.05) is 26.3 Å². The van der Waals surface area contributed by atoms with E-state index >= 15 is 0 Å². The van der Waals surface area contributed by atoms with Crippen molar-refractivity contribution >= 4 is 16.7 Å². The van der Waals surface area contributed by atoms with Crippen LogP contribution in [0.3, 0.4) is 0 Å². The number of hydrogen-bond acceptors (Lipinski definition) is 8. The molecule has 3 aromatic heterocycles. The molecule has 0 bridgehead atoms. The fraction of sp³-hybridized carbons (Fsp3) is 0.409. The van der Waals surface area contributed by atoms with Crippen LogP contribution >= 0.6 is 0 Å². The highest BCUT2D eigenvalue weighted by Gasteiger charge is 2.23. The molecular formula is C22H24FN9O. The fourth-order valence-corrected chi connectivity index (χ4v) is 4.13. The molecule has 0 amide bonds. The van der Waals surface area contributed by atoms with E-state index in [9.17, 15) is 9.18 Å². The number of likely N-dealkylation sites (tertiary alicyclic amines) is 1. The van der Waals surface area contributed by atoms with Gasteiger partial charge in [-0.3, -0.25) is 9.48 Å². The number of carbonyl (C=O) groups excluding carboxylic acids is 1. The van der Waals surface area contributed by atoms with Crippen molar-refractivity contribution in [1.82, 2.24) is 44.9 Å². The van der Waals surface area contributed by atoms with Gasteiger partial charge in [-0.05, 0) is 18.9 Å². The third kappa shape index (κ3) is 4.63. The highest BCUT2D eigenvalue weighted by molar-refractivity contribution is 5.95. The molecule has 4 aromatic rings. The van der Waals surface area contributed by atoms with E-state index < -0.39 is 0 Å². The third-order valence-corrected chi connectivity index (χ3v) is 5.98. The molecule has 1 aliphatic heterocycles. The van der Waals surface area contributed by atoms with Crippen LogP contribution in [-0.2, 0) is 13.5 Å². The summed E-state index contributed by atoms with van der Waals surface area (Å²) in [5, 5.41) is 17.2. The van der Waals surface area contributed by atoms with Gasteiger partial charge in [0.1, 0.15) is 23.9 Å². The zero-order chi connectivity index (χ0) is 22.8. The largest absolute Gasteiger partial charge is 0.301 e. The molecule has 33 heavy (non-hydrogen) atoms. The number of aryl methyl sites for hydroxylation is 1. The number of benzene rings is 1. The molecule has 0 spiro atoms. The van der Waals surface area contributed by atoms with E-state index in [4.69, 9.17) is 0 Å². The number of Topliss-reactive ketones (excluding diaryl/α,β-unsaturated/α-hetero) is 1. The number of hydrogen-bond donors (Lipinski definition) is 0. The van der Waals surface area contributed by atoms with Crippen LogP contribution in [0.15, 0.2) is 36.8 Å². The van der Waals surface area contributed by atoms with E-state index in [1.807, 2.05) is 31.4 Å². The lowest BCUT2D eigenvalue weighted by atomic mass is 10.1. The SMILES string of the molecule is Cn1cc(-c2ccc3cnc(CC(=O)c4cn(C5CCN(CCF)CC5)nn4)nc3c2)nn1. The van der Waals surface area contributed by atoms with E-state index in [1.165, 1.54) is 0 Å². The van der Waals surface area contributed by atoms with Crippen molar-refractivity contribution in [2.24, 2.45) is 7.05 Å². The van der Waals surface area contributed by atoms with Crippen LogP contribution in [0, 0.1) is 0 Å². The molecule has 0 unspecified atom stereocenters. The third-order valence-electron chi connectivity index (χ3n) is 5.98. The minimum absolute atomic E-state index is 0.0406. The first kappa shape index (κ1) is 21.3. The molecule has 170 valence electrons. The smallest absolute Gasteiger partial charge is 0.192 e. The lowest BCUT2D eigenvalue weighted by Gasteiger charge is -2.30. The van der Waals surface area contributed by atoms with Crippen LogP contribution < -0.4 is 0 Å². The summed E-state index contributed by atoms with van der Waals surface area (Å²) in [6.45, 7) is 1.78. The summed E-state index contributed by atoms with van der Waals surface area (Å²) in [5.41, 5.74) is 2.69. The van der Waals surface area contributed by atoms with Crippen molar-refractivity contribution in [1.29, 1.82) is 0 Å². The molecule has 1 saturated heterocycles. The zero-order valence-corrected chi connectivity index (χ0v) is 18.3. The number of rotatable bonds is 7. The standard InChI is InChI=1S/C22H24FN9O/c1-30-13-19(26-28-30)15-2-3-16-12-24-22(25-18(16)10-15)11-21(33)20-14-32(29-27-20)17-4-7-31(8-5-17)9-6-23/h2-3,10,12-14,17H,4-9,11H2,1H3. The summed E-state index contributed by atoms with van der Waals surface area (Å²) in [4.78, 5) is 23.8. The van der Waals surface area contributed by atoms with Crippen LogP contribution in [0.4, 0.5) is 4.39 Å². The number of carbonyl (C=O) groups is 1. The molecule has 0 saturated carbocycles. The maximum absolute atomic E-state index is 12.8.